The van der Waals surface area contributed by atoms with E-state index in [-0.39, 0.29) is 5.91 Å². The fourth-order valence-electron chi connectivity index (χ4n) is 3.45. The zero-order chi connectivity index (χ0) is 19.9. The van der Waals surface area contributed by atoms with E-state index < -0.39 is 0 Å². The molecule has 1 amide bonds. The maximum atomic E-state index is 12.3. The first kappa shape index (κ1) is 19.5. The third-order valence-corrected chi connectivity index (χ3v) is 5.14. The normalized spacial score (nSPS) is 17.9. The van der Waals surface area contributed by atoms with Crippen molar-refractivity contribution in [1.29, 1.82) is 0 Å². The Labute approximate surface area is 169 Å². The molecule has 0 unspecified atom stereocenters. The van der Waals surface area contributed by atoms with E-state index >= 15 is 0 Å². The zero-order valence-electron chi connectivity index (χ0n) is 16.4. The Morgan fingerprint density at radius 3 is 2.38 bits per heavy atom. The van der Waals surface area contributed by atoms with Crippen LogP contribution in [0.2, 0.25) is 0 Å². The largest absolute Gasteiger partial charge is 0.379 e. The van der Waals surface area contributed by atoms with Gasteiger partial charge in [-0.15, -0.1) is 10.2 Å². The summed E-state index contributed by atoms with van der Waals surface area (Å²) in [5.74, 6) is 1.34. The van der Waals surface area contributed by atoms with Gasteiger partial charge in [0.1, 0.15) is 0 Å². The van der Waals surface area contributed by atoms with Crippen LogP contribution in [-0.2, 0) is 4.74 Å². The Kier molecular flexibility index (Phi) is 6.42. The summed E-state index contributed by atoms with van der Waals surface area (Å²) in [6.45, 7) is 7.98. The molecule has 0 spiro atoms. The van der Waals surface area contributed by atoms with Gasteiger partial charge >= 0.3 is 0 Å². The lowest BCUT2D eigenvalue weighted by molar-refractivity contribution is 0.0383. The van der Waals surface area contributed by atoms with Crippen LogP contribution in [-0.4, -0.2) is 96.5 Å². The number of ether oxygens (including phenoxy) is 1. The summed E-state index contributed by atoms with van der Waals surface area (Å²) in [6.07, 6.45) is 3.51. The van der Waals surface area contributed by atoms with Gasteiger partial charge in [0.2, 0.25) is 5.95 Å². The fourth-order valence-corrected chi connectivity index (χ4v) is 3.45. The van der Waals surface area contributed by atoms with Crippen LogP contribution in [0, 0.1) is 0 Å². The quantitative estimate of drug-likeness (QED) is 0.700. The van der Waals surface area contributed by atoms with Crippen molar-refractivity contribution in [2.75, 3.05) is 75.4 Å². The van der Waals surface area contributed by atoms with Gasteiger partial charge in [0.05, 0.1) is 13.2 Å². The third kappa shape index (κ3) is 5.15. The summed E-state index contributed by atoms with van der Waals surface area (Å²) in [7, 11) is 0. The van der Waals surface area contributed by atoms with E-state index in [9.17, 15) is 4.79 Å². The average Bonchev–Trinajstić information content (AvgIpc) is 2.80. The van der Waals surface area contributed by atoms with Crippen molar-refractivity contribution in [3.63, 3.8) is 0 Å². The molecule has 0 aromatic carbocycles. The van der Waals surface area contributed by atoms with E-state index in [1.807, 2.05) is 12.1 Å². The number of nitrogens with zero attached hydrogens (tertiary/aromatic N) is 7. The van der Waals surface area contributed by atoms with Crippen molar-refractivity contribution in [1.82, 2.24) is 30.4 Å². The SMILES string of the molecule is O=C(NCCN1CCOCC1)c1ccc(N2CCN(c3ncccn3)CC2)nn1. The molecule has 0 aliphatic carbocycles. The highest BCUT2D eigenvalue weighted by Crippen LogP contribution is 2.15. The van der Waals surface area contributed by atoms with Gasteiger partial charge in [0.15, 0.2) is 11.5 Å². The van der Waals surface area contributed by atoms with Crippen molar-refractivity contribution >= 4 is 17.7 Å². The summed E-state index contributed by atoms with van der Waals surface area (Å²) in [5.41, 5.74) is 0.340. The van der Waals surface area contributed by atoms with Gasteiger partial charge in [-0.2, -0.15) is 0 Å². The molecule has 4 heterocycles. The summed E-state index contributed by atoms with van der Waals surface area (Å²) in [4.78, 5) is 27.5. The molecule has 0 bridgehead atoms. The minimum absolute atomic E-state index is 0.191. The number of carbonyl (C=O) groups excluding carboxylic acids is 1. The molecule has 154 valence electrons. The van der Waals surface area contributed by atoms with Crippen molar-refractivity contribution < 1.29 is 9.53 Å². The second-order valence-electron chi connectivity index (χ2n) is 7.01. The van der Waals surface area contributed by atoms with E-state index in [0.29, 0.717) is 12.2 Å². The van der Waals surface area contributed by atoms with Crippen LogP contribution >= 0.6 is 0 Å². The first-order valence-corrected chi connectivity index (χ1v) is 9.98. The molecule has 4 rings (SSSR count). The maximum Gasteiger partial charge on any atom is 0.271 e. The number of rotatable bonds is 6. The maximum absolute atomic E-state index is 12.3. The number of nitrogens with one attached hydrogen (secondary N) is 1. The summed E-state index contributed by atoms with van der Waals surface area (Å²) in [6, 6.07) is 5.41. The summed E-state index contributed by atoms with van der Waals surface area (Å²) < 4.78 is 5.33. The lowest BCUT2D eigenvalue weighted by Gasteiger charge is -2.35. The number of hydrogen-bond acceptors (Lipinski definition) is 9. The Balaban J connectivity index is 1.24. The number of aromatic nitrogens is 4. The van der Waals surface area contributed by atoms with Gasteiger partial charge in [0, 0.05) is 64.8 Å². The number of anilines is 2. The van der Waals surface area contributed by atoms with Crippen molar-refractivity contribution in [2.45, 2.75) is 0 Å². The van der Waals surface area contributed by atoms with Crippen LogP contribution in [0.15, 0.2) is 30.6 Å². The van der Waals surface area contributed by atoms with Gasteiger partial charge in [-0.05, 0) is 18.2 Å². The Hall–Kier alpha value is -2.85. The monoisotopic (exact) mass is 398 g/mol. The number of amides is 1. The lowest BCUT2D eigenvalue weighted by Crippen LogP contribution is -2.47. The van der Waals surface area contributed by atoms with E-state index in [1.54, 1.807) is 18.5 Å². The van der Waals surface area contributed by atoms with Crippen LogP contribution in [0.1, 0.15) is 10.5 Å². The highest BCUT2D eigenvalue weighted by molar-refractivity contribution is 5.92. The molecule has 1 N–H and O–H groups in total. The molecule has 0 atom stereocenters. The molecule has 29 heavy (non-hydrogen) atoms. The molecule has 2 aliphatic rings. The number of morpholine rings is 1. The van der Waals surface area contributed by atoms with E-state index in [4.69, 9.17) is 4.74 Å². The second kappa shape index (κ2) is 9.57. The average molecular weight is 398 g/mol. The highest BCUT2D eigenvalue weighted by atomic mass is 16.5. The highest BCUT2D eigenvalue weighted by Gasteiger charge is 2.20. The van der Waals surface area contributed by atoms with Gasteiger partial charge in [-0.25, -0.2) is 9.97 Å². The molecule has 2 aromatic rings. The van der Waals surface area contributed by atoms with E-state index in [1.165, 1.54) is 0 Å². The molecule has 0 radical (unpaired) electrons. The topological polar surface area (TPSA) is 99.6 Å². The first-order valence-electron chi connectivity index (χ1n) is 9.98. The van der Waals surface area contributed by atoms with Crippen LogP contribution < -0.4 is 15.1 Å². The molecule has 2 aromatic heterocycles. The van der Waals surface area contributed by atoms with Crippen LogP contribution in [0.3, 0.4) is 0 Å². The number of carbonyl (C=O) groups is 1. The Morgan fingerprint density at radius 1 is 0.966 bits per heavy atom. The predicted molar refractivity (Wildman–Crippen MR) is 108 cm³/mol. The third-order valence-electron chi connectivity index (χ3n) is 5.14. The second-order valence-corrected chi connectivity index (χ2v) is 7.01. The fraction of sp³-hybridized carbons (Fsp3) is 0.526. The van der Waals surface area contributed by atoms with Gasteiger partial charge < -0.3 is 19.9 Å². The molecule has 0 saturated carbocycles. The molecule has 2 saturated heterocycles. The molecule has 2 aliphatic heterocycles. The predicted octanol–water partition coefficient (Wildman–Crippen LogP) is -0.345. The van der Waals surface area contributed by atoms with Crippen molar-refractivity contribution in [2.24, 2.45) is 0 Å². The van der Waals surface area contributed by atoms with Gasteiger partial charge in [-0.3, -0.25) is 9.69 Å². The lowest BCUT2D eigenvalue weighted by atomic mass is 10.3. The molecule has 10 heteroatoms. The Bertz CT molecular complexity index is 775. The van der Waals surface area contributed by atoms with E-state index in [0.717, 1.165) is 70.8 Å². The molecule has 10 nitrogen and oxygen atoms in total. The van der Waals surface area contributed by atoms with E-state index in [2.05, 4.69) is 40.2 Å². The number of hydrogen-bond donors (Lipinski definition) is 1. The summed E-state index contributed by atoms with van der Waals surface area (Å²) >= 11 is 0. The minimum Gasteiger partial charge on any atom is -0.379 e. The zero-order valence-corrected chi connectivity index (χ0v) is 16.4. The standard InChI is InChI=1S/C19H26N8O2/c28-18(20-6-7-25-12-14-29-15-13-25)16-2-3-17(24-23-16)26-8-10-27(11-9-26)19-21-4-1-5-22-19/h1-5H,6-15H2,(H,20,28). The molecule has 2 fully saturated rings. The van der Waals surface area contributed by atoms with Gasteiger partial charge in [0.25, 0.3) is 5.91 Å². The van der Waals surface area contributed by atoms with Crippen molar-refractivity contribution in [3.8, 4) is 0 Å². The van der Waals surface area contributed by atoms with Crippen LogP contribution in [0.25, 0.3) is 0 Å². The molecular weight excluding hydrogens is 372 g/mol. The minimum atomic E-state index is -0.191. The van der Waals surface area contributed by atoms with Gasteiger partial charge in [-0.1, -0.05) is 0 Å². The van der Waals surface area contributed by atoms with Crippen LogP contribution in [0.4, 0.5) is 11.8 Å². The summed E-state index contributed by atoms with van der Waals surface area (Å²) in [5, 5.41) is 11.3. The van der Waals surface area contributed by atoms with Crippen LogP contribution in [0.5, 0.6) is 0 Å². The van der Waals surface area contributed by atoms with Crippen molar-refractivity contribution in [3.05, 3.63) is 36.3 Å². The Morgan fingerprint density at radius 2 is 1.69 bits per heavy atom. The molecular formula is C19H26N8O2. The number of piperazine rings is 1. The smallest absolute Gasteiger partial charge is 0.271 e. The first-order chi connectivity index (χ1) is 14.3.